The van der Waals surface area contributed by atoms with Crippen LogP contribution in [-0.4, -0.2) is 15.6 Å². The van der Waals surface area contributed by atoms with Crippen molar-refractivity contribution in [3.05, 3.63) is 29.8 Å². The van der Waals surface area contributed by atoms with E-state index in [1.807, 2.05) is 0 Å². The van der Waals surface area contributed by atoms with Gasteiger partial charge in [0.1, 0.15) is 11.5 Å². The molecular formula is C10H12N4O2. The van der Waals surface area contributed by atoms with E-state index in [-0.39, 0.29) is 5.91 Å². The Bertz CT molecular complexity index is 527. The Kier molecular flexibility index (Phi) is 2.40. The Morgan fingerprint density at radius 3 is 2.81 bits per heavy atom. The maximum absolute atomic E-state index is 11.8. The van der Waals surface area contributed by atoms with Crippen LogP contribution in [0.25, 0.3) is 0 Å². The van der Waals surface area contributed by atoms with Crippen LogP contribution >= 0.6 is 0 Å². The van der Waals surface area contributed by atoms with Crippen molar-refractivity contribution in [2.24, 2.45) is 7.05 Å². The minimum Gasteiger partial charge on any atom is -0.397 e. The molecule has 0 unspecified atom stereocenters. The summed E-state index contributed by atoms with van der Waals surface area (Å²) < 4.78 is 6.49. The number of hydrogen-bond donors (Lipinski definition) is 2. The number of aryl methyl sites for hydroxylation is 2. The second-order valence-corrected chi connectivity index (χ2v) is 3.55. The van der Waals surface area contributed by atoms with Gasteiger partial charge < -0.3 is 20.1 Å². The summed E-state index contributed by atoms with van der Waals surface area (Å²) in [5.41, 5.74) is 6.60. The monoisotopic (exact) mass is 220 g/mol. The van der Waals surface area contributed by atoms with Crippen molar-refractivity contribution >= 4 is 17.4 Å². The third kappa shape index (κ3) is 1.90. The van der Waals surface area contributed by atoms with Crippen LogP contribution in [-0.2, 0) is 7.05 Å². The highest BCUT2D eigenvalue weighted by Gasteiger charge is 2.12. The molecule has 6 nitrogen and oxygen atoms in total. The summed E-state index contributed by atoms with van der Waals surface area (Å²) in [5.74, 6) is 0.761. The van der Waals surface area contributed by atoms with Gasteiger partial charge in [-0.1, -0.05) is 5.16 Å². The molecule has 3 N–H and O–H groups in total. The van der Waals surface area contributed by atoms with Gasteiger partial charge in [0, 0.05) is 19.3 Å². The zero-order valence-electron chi connectivity index (χ0n) is 9.02. The summed E-state index contributed by atoms with van der Waals surface area (Å²) >= 11 is 0. The molecule has 0 atom stereocenters. The van der Waals surface area contributed by atoms with Crippen molar-refractivity contribution in [2.45, 2.75) is 6.92 Å². The largest absolute Gasteiger partial charge is 0.397 e. The van der Waals surface area contributed by atoms with Crippen LogP contribution in [0.5, 0.6) is 0 Å². The lowest BCUT2D eigenvalue weighted by Crippen LogP contribution is -2.15. The second-order valence-electron chi connectivity index (χ2n) is 3.55. The molecule has 2 aromatic rings. The van der Waals surface area contributed by atoms with Crippen LogP contribution in [0, 0.1) is 6.92 Å². The zero-order chi connectivity index (χ0) is 11.7. The predicted molar refractivity (Wildman–Crippen MR) is 59.0 cm³/mol. The first-order valence-corrected chi connectivity index (χ1v) is 4.73. The van der Waals surface area contributed by atoms with E-state index in [1.54, 1.807) is 36.9 Å². The molecular weight excluding hydrogens is 208 g/mol. The van der Waals surface area contributed by atoms with Gasteiger partial charge in [0.15, 0.2) is 5.82 Å². The number of carbonyl (C=O) groups excluding carboxylic acids is 1. The fourth-order valence-electron chi connectivity index (χ4n) is 1.42. The molecule has 2 aromatic heterocycles. The second kappa shape index (κ2) is 3.73. The normalized spacial score (nSPS) is 10.4. The lowest BCUT2D eigenvalue weighted by Gasteiger charge is -2.01. The Morgan fingerprint density at radius 2 is 2.31 bits per heavy atom. The third-order valence-electron chi connectivity index (χ3n) is 2.13. The van der Waals surface area contributed by atoms with E-state index in [2.05, 4.69) is 10.5 Å². The molecule has 84 valence electrons. The lowest BCUT2D eigenvalue weighted by molar-refractivity contribution is 0.101. The van der Waals surface area contributed by atoms with Gasteiger partial charge >= 0.3 is 0 Å². The van der Waals surface area contributed by atoms with Gasteiger partial charge in [0.2, 0.25) is 0 Å². The van der Waals surface area contributed by atoms with Crippen molar-refractivity contribution in [3.63, 3.8) is 0 Å². The molecule has 6 heteroatoms. The molecule has 2 heterocycles. The van der Waals surface area contributed by atoms with E-state index in [0.29, 0.717) is 23.0 Å². The quantitative estimate of drug-likeness (QED) is 0.795. The van der Waals surface area contributed by atoms with Gasteiger partial charge in [-0.15, -0.1) is 0 Å². The average Bonchev–Trinajstić information content (AvgIpc) is 2.73. The van der Waals surface area contributed by atoms with E-state index >= 15 is 0 Å². The van der Waals surface area contributed by atoms with Crippen molar-refractivity contribution < 1.29 is 9.32 Å². The highest BCUT2D eigenvalue weighted by Crippen LogP contribution is 2.12. The molecule has 16 heavy (non-hydrogen) atoms. The van der Waals surface area contributed by atoms with Crippen LogP contribution in [0.2, 0.25) is 0 Å². The number of carbonyl (C=O) groups is 1. The number of amides is 1. The number of anilines is 2. The molecule has 0 fully saturated rings. The maximum atomic E-state index is 11.8. The number of rotatable bonds is 2. The maximum Gasteiger partial charge on any atom is 0.273 e. The summed E-state index contributed by atoms with van der Waals surface area (Å²) in [6, 6.07) is 3.24. The summed E-state index contributed by atoms with van der Waals surface area (Å²) in [4.78, 5) is 11.8. The Hall–Kier alpha value is -2.24. The SMILES string of the molecule is Cc1cc(NC(=O)c2cc(N)cn2C)no1. The molecule has 0 aliphatic rings. The predicted octanol–water partition coefficient (Wildman–Crippen LogP) is 1.16. The van der Waals surface area contributed by atoms with E-state index < -0.39 is 0 Å². The average molecular weight is 220 g/mol. The van der Waals surface area contributed by atoms with Crippen LogP contribution in [0.4, 0.5) is 11.5 Å². The van der Waals surface area contributed by atoms with Gasteiger partial charge in [0.25, 0.3) is 5.91 Å². The molecule has 0 spiro atoms. The Morgan fingerprint density at radius 1 is 1.56 bits per heavy atom. The smallest absolute Gasteiger partial charge is 0.273 e. The van der Waals surface area contributed by atoms with Crippen molar-refractivity contribution in [1.82, 2.24) is 9.72 Å². The fourth-order valence-corrected chi connectivity index (χ4v) is 1.42. The van der Waals surface area contributed by atoms with Crippen LogP contribution < -0.4 is 11.1 Å². The molecule has 0 bridgehead atoms. The van der Waals surface area contributed by atoms with Gasteiger partial charge in [-0.2, -0.15) is 0 Å². The molecule has 0 saturated carbocycles. The highest BCUT2D eigenvalue weighted by molar-refractivity contribution is 6.03. The molecule has 0 radical (unpaired) electrons. The molecule has 0 aliphatic carbocycles. The number of nitrogens with zero attached hydrogens (tertiary/aromatic N) is 2. The number of nitrogens with one attached hydrogen (secondary N) is 1. The van der Waals surface area contributed by atoms with Gasteiger partial charge in [0.05, 0.1) is 5.69 Å². The van der Waals surface area contributed by atoms with Crippen molar-refractivity contribution in [3.8, 4) is 0 Å². The van der Waals surface area contributed by atoms with Gasteiger partial charge in [-0.25, -0.2) is 0 Å². The van der Waals surface area contributed by atoms with E-state index in [0.717, 1.165) is 0 Å². The molecule has 2 rings (SSSR count). The number of hydrogen-bond acceptors (Lipinski definition) is 4. The number of aromatic nitrogens is 2. The number of nitrogens with two attached hydrogens (primary N) is 1. The summed E-state index contributed by atoms with van der Waals surface area (Å²) in [6.45, 7) is 1.75. The molecule has 0 saturated heterocycles. The minimum atomic E-state index is -0.271. The summed E-state index contributed by atoms with van der Waals surface area (Å²) in [5, 5.41) is 6.28. The molecule has 0 aromatic carbocycles. The summed E-state index contributed by atoms with van der Waals surface area (Å²) in [6.07, 6.45) is 1.67. The molecule has 1 amide bonds. The fraction of sp³-hybridized carbons (Fsp3) is 0.200. The first-order chi connectivity index (χ1) is 7.56. The first-order valence-electron chi connectivity index (χ1n) is 4.73. The molecule has 0 aliphatic heterocycles. The van der Waals surface area contributed by atoms with E-state index in [9.17, 15) is 4.79 Å². The summed E-state index contributed by atoms with van der Waals surface area (Å²) in [7, 11) is 1.75. The van der Waals surface area contributed by atoms with E-state index in [1.165, 1.54) is 0 Å². The van der Waals surface area contributed by atoms with Crippen LogP contribution in [0.1, 0.15) is 16.2 Å². The van der Waals surface area contributed by atoms with Crippen molar-refractivity contribution in [2.75, 3.05) is 11.1 Å². The lowest BCUT2D eigenvalue weighted by atomic mass is 10.4. The Balaban J connectivity index is 2.17. The first kappa shape index (κ1) is 10.3. The number of nitrogen functional groups attached to an aromatic ring is 1. The Labute approximate surface area is 92.0 Å². The third-order valence-corrected chi connectivity index (χ3v) is 2.13. The zero-order valence-corrected chi connectivity index (χ0v) is 9.02. The topological polar surface area (TPSA) is 86.1 Å². The minimum absolute atomic E-state index is 0.271. The van der Waals surface area contributed by atoms with Gasteiger partial charge in [-0.3, -0.25) is 4.79 Å². The highest BCUT2D eigenvalue weighted by atomic mass is 16.5. The van der Waals surface area contributed by atoms with E-state index in [4.69, 9.17) is 10.3 Å². The van der Waals surface area contributed by atoms with Crippen molar-refractivity contribution in [1.29, 1.82) is 0 Å². The standard InChI is InChI=1S/C10H12N4O2/c1-6-3-9(13-16-6)12-10(15)8-4-7(11)5-14(8)2/h3-5H,11H2,1-2H3,(H,12,13,15). The van der Waals surface area contributed by atoms with Gasteiger partial charge in [-0.05, 0) is 13.0 Å². The van der Waals surface area contributed by atoms with Crippen LogP contribution in [0.3, 0.4) is 0 Å². The van der Waals surface area contributed by atoms with Crippen LogP contribution in [0.15, 0.2) is 22.9 Å².